The molecule has 6 nitrogen and oxygen atoms in total. The van der Waals surface area contributed by atoms with Crippen LogP contribution in [0.15, 0.2) is 54.6 Å². The third kappa shape index (κ3) is 4.43. The van der Waals surface area contributed by atoms with Gasteiger partial charge in [0.1, 0.15) is 17.2 Å². The maximum atomic E-state index is 13.3. The predicted molar refractivity (Wildman–Crippen MR) is 96.1 cm³/mol. The van der Waals surface area contributed by atoms with Gasteiger partial charge in [-0.1, -0.05) is 36.4 Å². The molecule has 0 unspecified atom stereocenters. The lowest BCUT2D eigenvalue weighted by Crippen LogP contribution is -2.21. The number of halogens is 3. The van der Waals surface area contributed by atoms with Crippen LogP contribution in [0.1, 0.15) is 5.69 Å². The number of rotatable bonds is 6. The number of hydrogen-bond acceptors (Lipinski definition) is 4. The number of carbonyl (C=O) groups is 1. The second-order valence-corrected chi connectivity index (χ2v) is 5.70. The quantitative estimate of drug-likeness (QED) is 0.663. The van der Waals surface area contributed by atoms with Gasteiger partial charge in [0, 0.05) is 6.07 Å². The number of methoxy groups -OCH3 is 1. The number of hydrogen-bond donors (Lipinski definition) is 2. The summed E-state index contributed by atoms with van der Waals surface area (Å²) < 4.78 is 50.3. The number of alkyl halides is 3. The van der Waals surface area contributed by atoms with E-state index in [9.17, 15) is 18.0 Å². The number of benzene rings is 2. The van der Waals surface area contributed by atoms with E-state index in [4.69, 9.17) is 9.47 Å². The summed E-state index contributed by atoms with van der Waals surface area (Å²) in [6.07, 6.45) is -4.65. The molecule has 0 bridgehead atoms. The first-order chi connectivity index (χ1) is 13.4. The van der Waals surface area contributed by atoms with Crippen molar-refractivity contribution in [2.24, 2.45) is 0 Å². The van der Waals surface area contributed by atoms with Crippen LogP contribution in [0.3, 0.4) is 0 Å². The fourth-order valence-corrected chi connectivity index (χ4v) is 2.53. The van der Waals surface area contributed by atoms with Gasteiger partial charge in [0.05, 0.1) is 12.7 Å². The molecule has 1 heterocycles. The van der Waals surface area contributed by atoms with E-state index in [-0.39, 0.29) is 16.9 Å². The number of anilines is 1. The van der Waals surface area contributed by atoms with Crippen molar-refractivity contribution in [3.63, 3.8) is 0 Å². The van der Waals surface area contributed by atoms with Gasteiger partial charge in [0.25, 0.3) is 5.91 Å². The van der Waals surface area contributed by atoms with Gasteiger partial charge in [-0.05, 0) is 17.7 Å². The Labute approximate surface area is 158 Å². The fourth-order valence-electron chi connectivity index (χ4n) is 2.53. The molecule has 3 rings (SSSR count). The van der Waals surface area contributed by atoms with Crippen LogP contribution in [0.4, 0.5) is 19.0 Å². The molecule has 0 aliphatic rings. The van der Waals surface area contributed by atoms with Crippen LogP contribution >= 0.6 is 0 Å². The molecule has 9 heteroatoms. The summed E-state index contributed by atoms with van der Waals surface area (Å²) in [5.41, 5.74) is -1.00. The second kappa shape index (κ2) is 8.03. The molecule has 0 radical (unpaired) electrons. The number of nitrogens with one attached hydrogen (secondary N) is 2. The number of amides is 1. The lowest BCUT2D eigenvalue weighted by atomic mass is 10.1. The van der Waals surface area contributed by atoms with Crippen LogP contribution < -0.4 is 14.8 Å². The molecule has 0 aliphatic carbocycles. The van der Waals surface area contributed by atoms with Gasteiger partial charge in [-0.2, -0.15) is 18.3 Å². The molecule has 0 spiro atoms. The highest BCUT2D eigenvalue weighted by atomic mass is 19.4. The van der Waals surface area contributed by atoms with Gasteiger partial charge >= 0.3 is 6.18 Å². The molecular formula is C19H16F3N3O3. The topological polar surface area (TPSA) is 76.2 Å². The Morgan fingerprint density at radius 3 is 2.50 bits per heavy atom. The summed E-state index contributed by atoms with van der Waals surface area (Å²) in [4.78, 5) is 12.2. The molecule has 28 heavy (non-hydrogen) atoms. The van der Waals surface area contributed by atoms with Crippen molar-refractivity contribution in [2.75, 3.05) is 19.0 Å². The molecular weight excluding hydrogens is 375 g/mol. The number of carbonyl (C=O) groups excluding carboxylic acids is 1. The Kier molecular flexibility index (Phi) is 5.53. The number of ether oxygens (including phenoxy) is 2. The second-order valence-electron chi connectivity index (χ2n) is 5.70. The summed E-state index contributed by atoms with van der Waals surface area (Å²) >= 11 is 0. The van der Waals surface area contributed by atoms with Crippen LogP contribution in [-0.4, -0.2) is 29.8 Å². The maximum Gasteiger partial charge on any atom is 0.433 e. The molecule has 0 saturated carbocycles. The summed E-state index contributed by atoms with van der Waals surface area (Å²) in [7, 11) is 1.49. The van der Waals surface area contributed by atoms with Gasteiger partial charge in [0.15, 0.2) is 12.4 Å². The standard InChI is InChI=1S/C19H16F3N3O3/c1-27-13-8-5-9-14(10-13)28-11-15(26)23-18-16(12-6-3-2-4-7-12)17(24-25-18)19(20,21)22/h2-10H,11H2,1H3,(H2,23,24,25,26). The monoisotopic (exact) mass is 391 g/mol. The highest BCUT2D eigenvalue weighted by Gasteiger charge is 2.38. The van der Waals surface area contributed by atoms with Crippen molar-refractivity contribution in [1.82, 2.24) is 10.2 Å². The minimum Gasteiger partial charge on any atom is -0.497 e. The van der Waals surface area contributed by atoms with E-state index in [0.717, 1.165) is 0 Å². The SMILES string of the molecule is COc1cccc(OCC(=O)Nc2n[nH]c(C(F)(F)F)c2-c2ccccc2)c1. The Morgan fingerprint density at radius 2 is 1.82 bits per heavy atom. The van der Waals surface area contributed by atoms with Crippen molar-refractivity contribution in [3.05, 3.63) is 60.3 Å². The van der Waals surface area contributed by atoms with Crippen LogP contribution in [0.5, 0.6) is 11.5 Å². The van der Waals surface area contributed by atoms with E-state index < -0.39 is 24.4 Å². The summed E-state index contributed by atoms with van der Waals surface area (Å²) in [5.74, 6) is 0.0557. The number of H-pyrrole nitrogens is 1. The smallest absolute Gasteiger partial charge is 0.433 e. The number of aromatic amines is 1. The van der Waals surface area contributed by atoms with E-state index in [1.165, 1.54) is 19.2 Å². The van der Waals surface area contributed by atoms with Gasteiger partial charge in [-0.15, -0.1) is 0 Å². The largest absolute Gasteiger partial charge is 0.497 e. The van der Waals surface area contributed by atoms with Crippen LogP contribution in [0.2, 0.25) is 0 Å². The molecule has 1 amide bonds. The third-order valence-corrected chi connectivity index (χ3v) is 3.78. The summed E-state index contributed by atoms with van der Waals surface area (Å²) in [6.45, 7) is -0.407. The van der Waals surface area contributed by atoms with Gasteiger partial charge < -0.3 is 14.8 Å². The highest BCUT2D eigenvalue weighted by molar-refractivity contribution is 5.95. The first-order valence-electron chi connectivity index (χ1n) is 8.16. The Morgan fingerprint density at radius 1 is 1.11 bits per heavy atom. The molecule has 1 aromatic heterocycles. The minimum atomic E-state index is -4.65. The Balaban J connectivity index is 1.78. The minimum absolute atomic E-state index is 0.224. The van der Waals surface area contributed by atoms with E-state index in [1.807, 2.05) is 5.10 Å². The lowest BCUT2D eigenvalue weighted by molar-refractivity contribution is -0.140. The summed E-state index contributed by atoms with van der Waals surface area (Å²) in [5, 5.41) is 7.95. The predicted octanol–water partition coefficient (Wildman–Crippen LogP) is 4.12. The molecule has 2 aromatic carbocycles. The van der Waals surface area contributed by atoms with Crippen LogP contribution in [0, 0.1) is 0 Å². The van der Waals surface area contributed by atoms with Crippen molar-refractivity contribution in [3.8, 4) is 22.6 Å². The van der Waals surface area contributed by atoms with Crippen LogP contribution in [-0.2, 0) is 11.0 Å². The highest BCUT2D eigenvalue weighted by Crippen LogP contribution is 2.39. The average molecular weight is 391 g/mol. The zero-order valence-electron chi connectivity index (χ0n) is 14.7. The maximum absolute atomic E-state index is 13.3. The number of aromatic nitrogens is 2. The van der Waals surface area contributed by atoms with Gasteiger partial charge in [0.2, 0.25) is 0 Å². The van der Waals surface area contributed by atoms with E-state index >= 15 is 0 Å². The van der Waals surface area contributed by atoms with E-state index in [0.29, 0.717) is 11.5 Å². The molecule has 3 aromatic rings. The first-order valence-corrected chi connectivity index (χ1v) is 8.16. The van der Waals surface area contributed by atoms with Gasteiger partial charge in [-0.25, -0.2) is 0 Å². The molecule has 0 fully saturated rings. The van der Waals surface area contributed by atoms with Crippen molar-refractivity contribution in [2.45, 2.75) is 6.18 Å². The summed E-state index contributed by atoms with van der Waals surface area (Å²) in [6, 6.07) is 14.5. The Bertz CT molecular complexity index is 956. The molecule has 146 valence electrons. The normalized spacial score (nSPS) is 11.1. The Hall–Kier alpha value is -3.49. The van der Waals surface area contributed by atoms with Crippen molar-refractivity contribution < 1.29 is 27.4 Å². The fraction of sp³-hybridized carbons (Fsp3) is 0.158. The third-order valence-electron chi connectivity index (χ3n) is 3.78. The molecule has 0 saturated heterocycles. The first kappa shape index (κ1) is 19.3. The lowest BCUT2D eigenvalue weighted by Gasteiger charge is -2.10. The van der Waals surface area contributed by atoms with E-state index in [1.54, 1.807) is 42.5 Å². The number of nitrogens with zero attached hydrogens (tertiary/aromatic N) is 1. The van der Waals surface area contributed by atoms with Crippen molar-refractivity contribution in [1.29, 1.82) is 0 Å². The zero-order valence-corrected chi connectivity index (χ0v) is 14.7. The van der Waals surface area contributed by atoms with Crippen molar-refractivity contribution >= 4 is 11.7 Å². The van der Waals surface area contributed by atoms with E-state index in [2.05, 4.69) is 10.4 Å². The molecule has 0 atom stereocenters. The van der Waals surface area contributed by atoms with Crippen LogP contribution in [0.25, 0.3) is 11.1 Å². The van der Waals surface area contributed by atoms with Gasteiger partial charge in [-0.3, -0.25) is 9.89 Å². The molecule has 0 aliphatic heterocycles. The zero-order chi connectivity index (χ0) is 20.1. The molecule has 2 N–H and O–H groups in total. The average Bonchev–Trinajstić information content (AvgIpc) is 3.11.